The van der Waals surface area contributed by atoms with E-state index in [9.17, 15) is 0 Å². The highest BCUT2D eigenvalue weighted by Gasteiger charge is 2.22. The second-order valence-electron chi connectivity index (χ2n) is 5.77. The third-order valence-corrected chi connectivity index (χ3v) is 4.33. The number of likely N-dealkylation sites (N-methyl/N-ethyl adjacent to an activating group) is 2. The lowest BCUT2D eigenvalue weighted by Gasteiger charge is -2.36. The molecule has 0 radical (unpaired) electrons. The first-order valence-electron chi connectivity index (χ1n) is 7.16. The van der Waals surface area contributed by atoms with Gasteiger partial charge in [-0.1, -0.05) is 6.92 Å². The van der Waals surface area contributed by atoms with Gasteiger partial charge in [-0.3, -0.25) is 0 Å². The van der Waals surface area contributed by atoms with Crippen LogP contribution in [0.4, 0.5) is 0 Å². The zero-order chi connectivity index (χ0) is 12.8. The van der Waals surface area contributed by atoms with E-state index in [0.29, 0.717) is 12.1 Å². The SMILES string of the molecule is CCNC(C)C(C)N(C)CC1CCN(C)CC1. The summed E-state index contributed by atoms with van der Waals surface area (Å²) >= 11 is 0. The number of nitrogens with zero attached hydrogens (tertiary/aromatic N) is 2. The third kappa shape index (κ3) is 4.94. The first kappa shape index (κ1) is 14.9. The Morgan fingerprint density at radius 2 is 1.88 bits per heavy atom. The molecule has 1 aliphatic rings. The van der Waals surface area contributed by atoms with Crippen molar-refractivity contribution >= 4 is 0 Å². The quantitative estimate of drug-likeness (QED) is 0.763. The highest BCUT2D eigenvalue weighted by molar-refractivity contribution is 4.79. The molecule has 17 heavy (non-hydrogen) atoms. The standard InChI is InChI=1S/C14H31N3/c1-6-15-12(2)13(3)17(5)11-14-7-9-16(4)10-8-14/h12-15H,6-11H2,1-5H3. The van der Waals surface area contributed by atoms with Crippen molar-refractivity contribution in [2.45, 2.75) is 45.7 Å². The van der Waals surface area contributed by atoms with Crippen LogP contribution < -0.4 is 5.32 Å². The van der Waals surface area contributed by atoms with Crippen molar-refractivity contribution in [2.75, 3.05) is 40.3 Å². The molecule has 1 heterocycles. The number of hydrogen-bond donors (Lipinski definition) is 1. The van der Waals surface area contributed by atoms with Crippen molar-refractivity contribution in [1.82, 2.24) is 15.1 Å². The molecule has 2 unspecified atom stereocenters. The maximum Gasteiger partial charge on any atom is 0.0215 e. The minimum atomic E-state index is 0.580. The van der Waals surface area contributed by atoms with Crippen LogP contribution in [0.5, 0.6) is 0 Å². The van der Waals surface area contributed by atoms with Gasteiger partial charge in [0.1, 0.15) is 0 Å². The summed E-state index contributed by atoms with van der Waals surface area (Å²) in [4.78, 5) is 4.98. The highest BCUT2D eigenvalue weighted by atomic mass is 15.2. The number of hydrogen-bond acceptors (Lipinski definition) is 3. The molecular weight excluding hydrogens is 210 g/mol. The molecule has 3 nitrogen and oxygen atoms in total. The first-order valence-corrected chi connectivity index (χ1v) is 7.16. The second-order valence-corrected chi connectivity index (χ2v) is 5.77. The van der Waals surface area contributed by atoms with Gasteiger partial charge < -0.3 is 15.1 Å². The maximum atomic E-state index is 3.52. The normalized spacial score (nSPS) is 22.9. The van der Waals surface area contributed by atoms with Crippen LogP contribution in [0, 0.1) is 5.92 Å². The lowest BCUT2D eigenvalue weighted by atomic mass is 9.96. The van der Waals surface area contributed by atoms with Crippen LogP contribution in [-0.4, -0.2) is 62.2 Å². The fraction of sp³-hybridized carbons (Fsp3) is 1.00. The lowest BCUT2D eigenvalue weighted by molar-refractivity contribution is 0.141. The first-order chi connectivity index (χ1) is 8.04. The summed E-state index contributed by atoms with van der Waals surface area (Å²) in [6, 6.07) is 1.20. The smallest absolute Gasteiger partial charge is 0.0215 e. The van der Waals surface area contributed by atoms with Crippen LogP contribution in [0.3, 0.4) is 0 Å². The van der Waals surface area contributed by atoms with E-state index in [-0.39, 0.29) is 0 Å². The molecule has 0 aromatic heterocycles. The Labute approximate surface area is 108 Å². The number of rotatable bonds is 6. The van der Waals surface area contributed by atoms with Crippen molar-refractivity contribution < 1.29 is 0 Å². The van der Waals surface area contributed by atoms with Crippen molar-refractivity contribution in [3.05, 3.63) is 0 Å². The van der Waals surface area contributed by atoms with Gasteiger partial charge in [0.2, 0.25) is 0 Å². The van der Waals surface area contributed by atoms with Crippen LogP contribution in [-0.2, 0) is 0 Å². The molecule has 3 heteroatoms. The van der Waals surface area contributed by atoms with Crippen LogP contribution in [0.2, 0.25) is 0 Å². The van der Waals surface area contributed by atoms with E-state index in [0.717, 1.165) is 12.5 Å². The Balaban J connectivity index is 2.30. The minimum absolute atomic E-state index is 0.580. The van der Waals surface area contributed by atoms with Crippen molar-refractivity contribution in [2.24, 2.45) is 5.92 Å². The summed E-state index contributed by atoms with van der Waals surface area (Å²) in [7, 11) is 4.51. The molecule has 0 aliphatic carbocycles. The predicted octanol–water partition coefficient (Wildman–Crippen LogP) is 1.65. The fourth-order valence-electron chi connectivity index (χ4n) is 2.69. The van der Waals surface area contributed by atoms with Gasteiger partial charge in [0.15, 0.2) is 0 Å². The van der Waals surface area contributed by atoms with Gasteiger partial charge in [0.25, 0.3) is 0 Å². The van der Waals surface area contributed by atoms with E-state index >= 15 is 0 Å². The predicted molar refractivity (Wildman–Crippen MR) is 75.5 cm³/mol. The molecule has 1 saturated heterocycles. The molecule has 102 valence electrons. The zero-order valence-corrected chi connectivity index (χ0v) is 12.4. The molecule has 0 saturated carbocycles. The van der Waals surface area contributed by atoms with E-state index in [2.05, 4.69) is 50.0 Å². The highest BCUT2D eigenvalue weighted by Crippen LogP contribution is 2.18. The van der Waals surface area contributed by atoms with Crippen molar-refractivity contribution in [3.63, 3.8) is 0 Å². The maximum absolute atomic E-state index is 3.52. The lowest BCUT2D eigenvalue weighted by Crippen LogP contribution is -2.47. The van der Waals surface area contributed by atoms with Gasteiger partial charge in [-0.15, -0.1) is 0 Å². The molecule has 0 bridgehead atoms. The minimum Gasteiger partial charge on any atom is -0.313 e. The average molecular weight is 241 g/mol. The summed E-state index contributed by atoms with van der Waals surface area (Å²) in [6.07, 6.45) is 2.73. The Bertz CT molecular complexity index is 200. The van der Waals surface area contributed by atoms with Gasteiger partial charge >= 0.3 is 0 Å². The fourth-order valence-corrected chi connectivity index (χ4v) is 2.69. The summed E-state index contributed by atoms with van der Waals surface area (Å²) in [5.74, 6) is 0.896. The molecule has 0 aromatic rings. The average Bonchev–Trinajstić information content (AvgIpc) is 2.31. The summed E-state index contributed by atoms with van der Waals surface area (Å²) < 4.78 is 0. The van der Waals surface area contributed by atoms with Gasteiger partial charge in [0, 0.05) is 18.6 Å². The molecule has 1 fully saturated rings. The topological polar surface area (TPSA) is 18.5 Å². The van der Waals surface area contributed by atoms with Gasteiger partial charge in [-0.25, -0.2) is 0 Å². The van der Waals surface area contributed by atoms with Crippen LogP contribution in [0.15, 0.2) is 0 Å². The molecule has 1 aliphatic heterocycles. The monoisotopic (exact) mass is 241 g/mol. The van der Waals surface area contributed by atoms with E-state index in [1.807, 2.05) is 0 Å². The largest absolute Gasteiger partial charge is 0.313 e. The molecule has 1 N–H and O–H groups in total. The van der Waals surface area contributed by atoms with E-state index < -0.39 is 0 Å². The molecular formula is C14H31N3. The van der Waals surface area contributed by atoms with Gasteiger partial charge in [-0.2, -0.15) is 0 Å². The Morgan fingerprint density at radius 1 is 1.29 bits per heavy atom. The number of nitrogens with one attached hydrogen (secondary N) is 1. The Hall–Kier alpha value is -0.120. The van der Waals surface area contributed by atoms with Gasteiger partial charge in [0.05, 0.1) is 0 Å². The molecule has 0 amide bonds. The summed E-state index contributed by atoms with van der Waals surface area (Å²) in [5, 5.41) is 3.52. The Morgan fingerprint density at radius 3 is 2.41 bits per heavy atom. The summed E-state index contributed by atoms with van der Waals surface area (Å²) in [5.41, 5.74) is 0. The number of piperidine rings is 1. The van der Waals surface area contributed by atoms with E-state index in [1.165, 1.54) is 32.5 Å². The zero-order valence-electron chi connectivity index (χ0n) is 12.4. The van der Waals surface area contributed by atoms with Crippen molar-refractivity contribution in [3.8, 4) is 0 Å². The molecule has 0 aromatic carbocycles. The van der Waals surface area contributed by atoms with Crippen molar-refractivity contribution in [1.29, 1.82) is 0 Å². The molecule has 2 atom stereocenters. The molecule has 1 rings (SSSR count). The summed E-state index contributed by atoms with van der Waals surface area (Å²) in [6.45, 7) is 11.7. The van der Waals surface area contributed by atoms with E-state index in [1.54, 1.807) is 0 Å². The number of likely N-dealkylation sites (tertiary alicyclic amines) is 1. The van der Waals surface area contributed by atoms with Gasteiger partial charge in [-0.05, 0) is 66.3 Å². The second kappa shape index (κ2) is 7.34. The van der Waals surface area contributed by atoms with Crippen LogP contribution in [0.25, 0.3) is 0 Å². The van der Waals surface area contributed by atoms with E-state index in [4.69, 9.17) is 0 Å². The Kier molecular flexibility index (Phi) is 6.45. The van der Waals surface area contributed by atoms with Crippen LogP contribution >= 0.6 is 0 Å². The third-order valence-electron chi connectivity index (χ3n) is 4.33. The van der Waals surface area contributed by atoms with Crippen LogP contribution in [0.1, 0.15) is 33.6 Å². The molecule has 0 spiro atoms.